The molecule has 0 spiro atoms. The van der Waals surface area contributed by atoms with Crippen LogP contribution < -0.4 is 5.32 Å². The van der Waals surface area contributed by atoms with Gasteiger partial charge in [-0.25, -0.2) is 4.98 Å². The molecule has 0 saturated carbocycles. The van der Waals surface area contributed by atoms with Gasteiger partial charge in [-0.2, -0.15) is 0 Å². The van der Waals surface area contributed by atoms with E-state index in [-0.39, 0.29) is 12.0 Å². The highest BCUT2D eigenvalue weighted by molar-refractivity contribution is 6.30. The number of hydrogen-bond acceptors (Lipinski definition) is 4. The van der Waals surface area contributed by atoms with Crippen molar-refractivity contribution in [2.45, 2.75) is 45.1 Å². The molecule has 0 unspecified atom stereocenters. The van der Waals surface area contributed by atoms with Gasteiger partial charge in [0, 0.05) is 37.6 Å². The van der Waals surface area contributed by atoms with Gasteiger partial charge in [0.2, 0.25) is 5.91 Å². The van der Waals surface area contributed by atoms with Crippen LogP contribution in [0.4, 0.5) is 0 Å². The summed E-state index contributed by atoms with van der Waals surface area (Å²) in [6, 6.07) is 8.31. The first-order valence-electron chi connectivity index (χ1n) is 9.51. The number of hydrogen-bond donors (Lipinski definition) is 1. The summed E-state index contributed by atoms with van der Waals surface area (Å²) >= 11 is 6.01. The van der Waals surface area contributed by atoms with Gasteiger partial charge in [-0.3, -0.25) is 4.79 Å². The summed E-state index contributed by atoms with van der Waals surface area (Å²) in [7, 11) is 0. The molecule has 1 N–H and O–H groups in total. The molecular weight excluding hydrogens is 364 g/mol. The number of nitrogens with one attached hydrogen (secondary N) is 1. The lowest BCUT2D eigenvalue weighted by molar-refractivity contribution is -0.129. The van der Waals surface area contributed by atoms with Crippen LogP contribution in [0, 0.1) is 0 Å². The average Bonchev–Trinajstić information content (AvgIpc) is 3.10. The lowest BCUT2D eigenvalue weighted by atomic mass is 10.0. The van der Waals surface area contributed by atoms with Gasteiger partial charge in [-0.15, -0.1) is 0 Å². The van der Waals surface area contributed by atoms with E-state index in [2.05, 4.69) is 14.9 Å². The predicted octanol–water partition coefficient (Wildman–Crippen LogP) is 2.70. The first kappa shape index (κ1) is 18.5. The summed E-state index contributed by atoms with van der Waals surface area (Å²) in [5.74, 6) is 1.14. The lowest BCUT2D eigenvalue weighted by Crippen LogP contribution is -2.47. The monoisotopic (exact) mass is 388 g/mol. The molecule has 4 rings (SSSR count). The molecule has 6 nitrogen and oxygen atoms in total. The van der Waals surface area contributed by atoms with Crippen molar-refractivity contribution in [1.82, 2.24) is 19.8 Å². The molecule has 3 heterocycles. The Labute approximate surface area is 164 Å². The zero-order valence-electron chi connectivity index (χ0n) is 15.5. The quantitative estimate of drug-likeness (QED) is 0.874. The molecular formula is C20H25ClN4O2. The van der Waals surface area contributed by atoms with Crippen LogP contribution in [0.5, 0.6) is 0 Å². The second-order valence-electron chi connectivity index (χ2n) is 7.30. The minimum Gasteiger partial charge on any atom is -0.367 e. The van der Waals surface area contributed by atoms with E-state index in [0.29, 0.717) is 12.6 Å². The number of fused-ring (bicyclic) bond motifs is 1. The Kier molecular flexibility index (Phi) is 5.48. The third-order valence-corrected chi connectivity index (χ3v) is 5.74. The van der Waals surface area contributed by atoms with Gasteiger partial charge in [0.05, 0.1) is 24.5 Å². The average molecular weight is 389 g/mol. The van der Waals surface area contributed by atoms with Crippen molar-refractivity contribution in [2.75, 3.05) is 19.6 Å². The SMILES string of the molecule is CC(=O)N1CCC(NC[C@H]2Cn3c(-c4ccc(Cl)cc4)cnc3CO2)CC1. The third kappa shape index (κ3) is 4.18. The van der Waals surface area contributed by atoms with Crippen molar-refractivity contribution < 1.29 is 9.53 Å². The lowest BCUT2D eigenvalue weighted by Gasteiger charge is -2.33. The van der Waals surface area contributed by atoms with Crippen molar-refractivity contribution in [2.24, 2.45) is 0 Å². The maximum absolute atomic E-state index is 11.4. The molecule has 2 aliphatic rings. The van der Waals surface area contributed by atoms with E-state index in [0.717, 1.165) is 61.1 Å². The van der Waals surface area contributed by atoms with Gasteiger partial charge in [0.15, 0.2) is 0 Å². The highest BCUT2D eigenvalue weighted by Crippen LogP contribution is 2.26. The highest BCUT2D eigenvalue weighted by Gasteiger charge is 2.25. The zero-order valence-corrected chi connectivity index (χ0v) is 16.3. The summed E-state index contributed by atoms with van der Waals surface area (Å²) in [5, 5.41) is 4.36. The molecule has 2 aliphatic heterocycles. The summed E-state index contributed by atoms with van der Waals surface area (Å²) in [4.78, 5) is 17.9. The van der Waals surface area contributed by atoms with Crippen molar-refractivity contribution in [3.05, 3.63) is 41.3 Å². The predicted molar refractivity (Wildman–Crippen MR) is 105 cm³/mol. The molecule has 1 atom stereocenters. The molecule has 1 fully saturated rings. The van der Waals surface area contributed by atoms with Gasteiger partial charge in [0.1, 0.15) is 12.4 Å². The molecule has 1 amide bonds. The number of nitrogens with zero attached hydrogens (tertiary/aromatic N) is 3. The molecule has 7 heteroatoms. The van der Waals surface area contributed by atoms with Crippen LogP contribution >= 0.6 is 11.6 Å². The van der Waals surface area contributed by atoms with E-state index >= 15 is 0 Å². The fourth-order valence-electron chi connectivity index (χ4n) is 3.85. The fraction of sp³-hybridized carbons (Fsp3) is 0.500. The van der Waals surface area contributed by atoms with Gasteiger partial charge in [-0.1, -0.05) is 23.7 Å². The maximum atomic E-state index is 11.4. The van der Waals surface area contributed by atoms with Gasteiger partial charge in [0.25, 0.3) is 0 Å². The van der Waals surface area contributed by atoms with Crippen LogP contribution in [-0.4, -0.2) is 52.1 Å². The molecule has 144 valence electrons. The number of halogens is 1. The van der Waals surface area contributed by atoms with Crippen molar-refractivity contribution in [1.29, 1.82) is 0 Å². The molecule has 2 aromatic rings. The Balaban J connectivity index is 1.35. The van der Waals surface area contributed by atoms with E-state index in [1.54, 1.807) is 6.92 Å². The van der Waals surface area contributed by atoms with Gasteiger partial charge in [-0.05, 0) is 30.5 Å². The number of amides is 1. The highest BCUT2D eigenvalue weighted by atomic mass is 35.5. The number of piperidine rings is 1. The van der Waals surface area contributed by atoms with E-state index in [9.17, 15) is 4.79 Å². The van der Waals surface area contributed by atoms with Crippen molar-refractivity contribution >= 4 is 17.5 Å². The molecule has 1 aromatic heterocycles. The topological polar surface area (TPSA) is 59.4 Å². The number of ether oxygens (including phenoxy) is 1. The minimum absolute atomic E-state index is 0.114. The minimum atomic E-state index is 0.114. The van der Waals surface area contributed by atoms with E-state index in [1.807, 2.05) is 35.4 Å². The zero-order chi connectivity index (χ0) is 18.8. The Morgan fingerprint density at radius 2 is 2.04 bits per heavy atom. The van der Waals surface area contributed by atoms with Crippen LogP contribution in [0.1, 0.15) is 25.6 Å². The van der Waals surface area contributed by atoms with Crippen LogP contribution in [0.15, 0.2) is 30.5 Å². The largest absolute Gasteiger partial charge is 0.367 e. The fourth-order valence-corrected chi connectivity index (χ4v) is 3.98. The molecule has 1 saturated heterocycles. The Hall–Kier alpha value is -1.89. The maximum Gasteiger partial charge on any atom is 0.219 e. The molecule has 0 radical (unpaired) electrons. The smallest absolute Gasteiger partial charge is 0.219 e. The second-order valence-corrected chi connectivity index (χ2v) is 7.74. The molecule has 27 heavy (non-hydrogen) atoms. The molecule has 0 aliphatic carbocycles. The first-order valence-corrected chi connectivity index (χ1v) is 9.89. The number of carbonyl (C=O) groups is 1. The van der Waals surface area contributed by atoms with E-state index in [1.165, 1.54) is 0 Å². The Bertz CT molecular complexity index is 797. The summed E-state index contributed by atoms with van der Waals surface area (Å²) < 4.78 is 8.24. The standard InChI is InChI=1S/C20H25ClN4O2/c1-14(26)24-8-6-17(7-9-24)22-10-18-12-25-19(11-23-20(25)13-27-18)15-2-4-16(21)5-3-15/h2-5,11,17-18,22H,6-10,12-13H2,1H3/t18-/m0/s1. The van der Waals surface area contributed by atoms with Crippen LogP contribution in [-0.2, 0) is 22.7 Å². The Morgan fingerprint density at radius 1 is 1.30 bits per heavy atom. The normalized spacial score (nSPS) is 20.5. The Morgan fingerprint density at radius 3 is 2.74 bits per heavy atom. The number of aromatic nitrogens is 2. The van der Waals surface area contributed by atoms with Crippen LogP contribution in [0.25, 0.3) is 11.3 Å². The number of rotatable bonds is 4. The summed E-state index contributed by atoms with van der Waals surface area (Å²) in [6.45, 7) is 5.44. The van der Waals surface area contributed by atoms with Crippen LogP contribution in [0.2, 0.25) is 5.02 Å². The number of carbonyl (C=O) groups excluding carboxylic acids is 1. The summed E-state index contributed by atoms with van der Waals surface area (Å²) in [5.41, 5.74) is 2.22. The van der Waals surface area contributed by atoms with Gasteiger partial charge >= 0.3 is 0 Å². The second kappa shape index (κ2) is 8.00. The summed E-state index contributed by atoms with van der Waals surface area (Å²) in [6.07, 6.45) is 4.02. The van der Waals surface area contributed by atoms with Gasteiger partial charge < -0.3 is 19.5 Å². The number of benzene rings is 1. The van der Waals surface area contributed by atoms with E-state index in [4.69, 9.17) is 16.3 Å². The molecule has 0 bridgehead atoms. The first-order chi connectivity index (χ1) is 13.1. The van der Waals surface area contributed by atoms with Crippen molar-refractivity contribution in [3.8, 4) is 11.3 Å². The third-order valence-electron chi connectivity index (χ3n) is 5.49. The molecule has 1 aromatic carbocycles. The van der Waals surface area contributed by atoms with Crippen LogP contribution in [0.3, 0.4) is 0 Å². The number of likely N-dealkylation sites (tertiary alicyclic amines) is 1. The number of imidazole rings is 1. The van der Waals surface area contributed by atoms with Crippen molar-refractivity contribution in [3.63, 3.8) is 0 Å². The van der Waals surface area contributed by atoms with E-state index < -0.39 is 0 Å².